The van der Waals surface area contributed by atoms with Crippen LogP contribution >= 0.6 is 0 Å². The van der Waals surface area contributed by atoms with Crippen LogP contribution in [0.2, 0.25) is 0 Å². The number of rotatable bonds is 3. The number of imide groups is 1. The predicted molar refractivity (Wildman–Crippen MR) is 77.2 cm³/mol. The molecule has 0 bridgehead atoms. The van der Waals surface area contributed by atoms with E-state index < -0.39 is 0 Å². The maximum Gasteiger partial charge on any atom is 0.288 e. The molecule has 3 rings (SSSR count). The molecule has 0 aliphatic carbocycles. The minimum absolute atomic E-state index is 0.105. The third-order valence-corrected chi connectivity index (χ3v) is 4.08. The summed E-state index contributed by atoms with van der Waals surface area (Å²) in [6.45, 7) is 3.34. The number of carbonyl (C=O) groups excluding carboxylic acids is 2. The average molecular weight is 290 g/mol. The second-order valence-corrected chi connectivity index (χ2v) is 5.46. The molecule has 0 saturated carbocycles. The normalized spacial score (nSPS) is 23.0. The van der Waals surface area contributed by atoms with Crippen LogP contribution in [0, 0.1) is 0 Å². The van der Waals surface area contributed by atoms with Gasteiger partial charge in [-0.3, -0.25) is 14.5 Å². The molecule has 2 amide bonds. The zero-order valence-electron chi connectivity index (χ0n) is 12.1. The summed E-state index contributed by atoms with van der Waals surface area (Å²) in [7, 11) is 1.54. The molecule has 0 spiro atoms. The van der Waals surface area contributed by atoms with E-state index in [9.17, 15) is 9.59 Å². The number of carbonyl (C=O) groups is 2. The molecule has 0 radical (unpaired) electrons. The number of nitrogens with zero attached hydrogens (tertiary/aromatic N) is 2. The second kappa shape index (κ2) is 5.83. The maximum absolute atomic E-state index is 11.9. The van der Waals surface area contributed by atoms with Gasteiger partial charge in [-0.05, 0) is 12.1 Å². The Morgan fingerprint density at radius 1 is 1.14 bits per heavy atom. The predicted octanol–water partition coefficient (Wildman–Crippen LogP) is -0.525. The summed E-state index contributed by atoms with van der Waals surface area (Å²) >= 11 is 0. The van der Waals surface area contributed by atoms with Gasteiger partial charge in [0.25, 0.3) is 5.91 Å². The van der Waals surface area contributed by atoms with Crippen LogP contribution in [0.5, 0.6) is 0 Å². The number of ether oxygens (including phenoxy) is 1. The molecule has 2 aliphatic heterocycles. The van der Waals surface area contributed by atoms with Crippen molar-refractivity contribution in [1.82, 2.24) is 4.90 Å². The van der Waals surface area contributed by atoms with Gasteiger partial charge in [0.2, 0.25) is 5.91 Å². The Morgan fingerprint density at radius 3 is 2.38 bits per heavy atom. The van der Waals surface area contributed by atoms with Gasteiger partial charge < -0.3 is 15.0 Å². The summed E-state index contributed by atoms with van der Waals surface area (Å²) < 4.78 is 5.34. The molecule has 21 heavy (non-hydrogen) atoms. The highest BCUT2D eigenvalue weighted by atomic mass is 16.5. The van der Waals surface area contributed by atoms with Gasteiger partial charge in [-0.25, -0.2) is 0 Å². The van der Waals surface area contributed by atoms with Crippen LogP contribution in [-0.4, -0.2) is 56.1 Å². The fourth-order valence-corrected chi connectivity index (χ4v) is 2.76. The van der Waals surface area contributed by atoms with Crippen molar-refractivity contribution in [2.24, 2.45) is 0 Å². The molecule has 6 nitrogen and oxygen atoms in total. The quantitative estimate of drug-likeness (QED) is 0.601. The van der Waals surface area contributed by atoms with Gasteiger partial charge in [0, 0.05) is 38.0 Å². The molecule has 1 atom stereocenters. The lowest BCUT2D eigenvalue weighted by atomic mass is 10.2. The zero-order chi connectivity index (χ0) is 14.8. The van der Waals surface area contributed by atoms with Crippen LogP contribution in [0.4, 0.5) is 11.4 Å². The van der Waals surface area contributed by atoms with E-state index in [1.807, 2.05) is 17.4 Å². The summed E-state index contributed by atoms with van der Waals surface area (Å²) in [5, 5.41) is 1.88. The Hall–Kier alpha value is -1.92. The monoisotopic (exact) mass is 290 g/mol. The van der Waals surface area contributed by atoms with E-state index >= 15 is 0 Å². The van der Waals surface area contributed by atoms with Gasteiger partial charge in [0.15, 0.2) is 6.04 Å². The summed E-state index contributed by atoms with van der Waals surface area (Å²) in [5.74, 6) is -0.219. The molecule has 2 aliphatic rings. The number of quaternary nitrogens is 1. The fourth-order valence-electron chi connectivity index (χ4n) is 2.76. The third kappa shape index (κ3) is 2.91. The van der Waals surface area contributed by atoms with Gasteiger partial charge in [0.1, 0.15) is 5.69 Å². The average Bonchev–Trinajstić information content (AvgIpc) is 2.76. The van der Waals surface area contributed by atoms with E-state index in [0.29, 0.717) is 0 Å². The minimum atomic E-state index is -0.322. The third-order valence-electron chi connectivity index (χ3n) is 4.08. The van der Waals surface area contributed by atoms with E-state index in [4.69, 9.17) is 4.74 Å². The Bertz CT molecular complexity index is 538. The van der Waals surface area contributed by atoms with Crippen molar-refractivity contribution in [3.05, 3.63) is 24.3 Å². The standard InChI is InChI=1S/C15H19N3O3/c1-17-14(19)10-13(15(17)20)16-11-2-4-12(5-3-11)18-6-8-21-9-7-18/h2-5,13,16H,6-10H2,1H3/p+1. The Morgan fingerprint density at radius 2 is 1.81 bits per heavy atom. The SMILES string of the molecule is CN1C(=O)CC([NH2+]c2ccc(N3CCOCC3)cc2)C1=O. The molecule has 2 heterocycles. The zero-order valence-corrected chi connectivity index (χ0v) is 12.1. The molecule has 2 N–H and O–H groups in total. The van der Waals surface area contributed by atoms with Crippen molar-refractivity contribution < 1.29 is 19.6 Å². The van der Waals surface area contributed by atoms with Crippen molar-refractivity contribution in [2.75, 3.05) is 38.3 Å². The summed E-state index contributed by atoms with van der Waals surface area (Å²) in [6.07, 6.45) is 0.278. The smallest absolute Gasteiger partial charge is 0.288 e. The molecule has 0 aromatic heterocycles. The number of hydrogen-bond acceptors (Lipinski definition) is 4. The van der Waals surface area contributed by atoms with Gasteiger partial charge in [-0.15, -0.1) is 0 Å². The first-order chi connectivity index (χ1) is 10.1. The molecule has 1 aromatic carbocycles. The number of anilines is 1. The lowest BCUT2D eigenvalue weighted by molar-refractivity contribution is -0.594. The molecule has 6 heteroatoms. The maximum atomic E-state index is 11.9. The first-order valence-corrected chi connectivity index (χ1v) is 7.23. The molecule has 2 saturated heterocycles. The van der Waals surface area contributed by atoms with Crippen LogP contribution in [0.15, 0.2) is 24.3 Å². The van der Waals surface area contributed by atoms with E-state index in [-0.39, 0.29) is 24.3 Å². The van der Waals surface area contributed by atoms with E-state index in [1.165, 1.54) is 10.6 Å². The number of likely N-dealkylation sites (tertiary alicyclic amines) is 1. The highest BCUT2D eigenvalue weighted by Crippen LogP contribution is 2.17. The number of nitrogens with two attached hydrogens (primary N) is 1. The van der Waals surface area contributed by atoms with Gasteiger partial charge in [-0.2, -0.15) is 0 Å². The summed E-state index contributed by atoms with van der Waals surface area (Å²) in [4.78, 5) is 26.9. The van der Waals surface area contributed by atoms with E-state index in [0.717, 1.165) is 32.0 Å². The van der Waals surface area contributed by atoms with Crippen LogP contribution in [-0.2, 0) is 14.3 Å². The fraction of sp³-hybridized carbons (Fsp3) is 0.467. The first kappa shape index (κ1) is 14.0. The van der Waals surface area contributed by atoms with Crippen molar-refractivity contribution in [3.63, 3.8) is 0 Å². The Kier molecular flexibility index (Phi) is 3.90. The largest absolute Gasteiger partial charge is 0.378 e. The number of benzene rings is 1. The van der Waals surface area contributed by atoms with Crippen LogP contribution < -0.4 is 10.2 Å². The lowest BCUT2D eigenvalue weighted by Gasteiger charge is -2.28. The van der Waals surface area contributed by atoms with E-state index in [2.05, 4.69) is 17.0 Å². The second-order valence-electron chi connectivity index (χ2n) is 5.46. The molecule has 1 unspecified atom stereocenters. The number of morpholine rings is 1. The van der Waals surface area contributed by atoms with Crippen LogP contribution in [0.25, 0.3) is 0 Å². The molecule has 2 fully saturated rings. The number of hydrogen-bond donors (Lipinski definition) is 1. The van der Waals surface area contributed by atoms with Gasteiger partial charge >= 0.3 is 0 Å². The Labute approximate surface area is 123 Å². The molecular weight excluding hydrogens is 270 g/mol. The van der Waals surface area contributed by atoms with Gasteiger partial charge in [-0.1, -0.05) is 0 Å². The molecule has 1 aromatic rings. The van der Waals surface area contributed by atoms with Gasteiger partial charge in [0.05, 0.1) is 19.6 Å². The number of amides is 2. The lowest BCUT2D eigenvalue weighted by Crippen LogP contribution is -2.86. The minimum Gasteiger partial charge on any atom is -0.378 e. The highest BCUT2D eigenvalue weighted by Gasteiger charge is 2.39. The van der Waals surface area contributed by atoms with Crippen molar-refractivity contribution in [1.29, 1.82) is 0 Å². The highest BCUT2D eigenvalue weighted by molar-refractivity contribution is 6.04. The van der Waals surface area contributed by atoms with Crippen LogP contribution in [0.3, 0.4) is 0 Å². The first-order valence-electron chi connectivity index (χ1n) is 7.23. The van der Waals surface area contributed by atoms with Crippen molar-refractivity contribution >= 4 is 23.2 Å². The molecule has 112 valence electrons. The van der Waals surface area contributed by atoms with E-state index in [1.54, 1.807) is 7.05 Å². The topological polar surface area (TPSA) is 66.5 Å². The Balaban J connectivity index is 1.64. The van der Waals surface area contributed by atoms with Crippen molar-refractivity contribution in [3.8, 4) is 0 Å². The molecular formula is C15H20N3O3+. The van der Waals surface area contributed by atoms with Crippen molar-refractivity contribution in [2.45, 2.75) is 12.5 Å². The number of likely N-dealkylation sites (N-methyl/N-ethyl adjacent to an activating group) is 1. The summed E-state index contributed by atoms with van der Waals surface area (Å²) in [5.41, 5.74) is 2.15. The summed E-state index contributed by atoms with van der Waals surface area (Å²) in [6, 6.07) is 7.79. The van der Waals surface area contributed by atoms with Crippen LogP contribution in [0.1, 0.15) is 6.42 Å².